The van der Waals surface area contributed by atoms with E-state index in [0.717, 1.165) is 5.56 Å². The first kappa shape index (κ1) is 18.4. The van der Waals surface area contributed by atoms with Gasteiger partial charge in [0.15, 0.2) is 5.17 Å². The molecule has 0 unspecified atom stereocenters. The lowest BCUT2D eigenvalue weighted by Crippen LogP contribution is -2.28. The number of carbonyl (C=O) groups is 1. The smallest absolute Gasteiger partial charge is 0.268 e. The predicted molar refractivity (Wildman–Crippen MR) is 112 cm³/mol. The highest BCUT2D eigenvalue weighted by molar-refractivity contribution is 8.19. The van der Waals surface area contributed by atoms with Crippen LogP contribution in [0.3, 0.4) is 0 Å². The number of rotatable bonds is 3. The van der Waals surface area contributed by atoms with Gasteiger partial charge in [0.05, 0.1) is 21.3 Å². The van der Waals surface area contributed by atoms with E-state index in [2.05, 4.69) is 9.98 Å². The van der Waals surface area contributed by atoms with Gasteiger partial charge in [0.1, 0.15) is 5.82 Å². The van der Waals surface area contributed by atoms with E-state index in [9.17, 15) is 9.18 Å². The molecule has 0 N–H and O–H groups in total. The third kappa shape index (κ3) is 3.83. The predicted octanol–water partition coefficient (Wildman–Crippen LogP) is 5.68. The number of thioether (sulfide) groups is 1. The average Bonchev–Trinajstić information content (AvgIpc) is 3.01. The Morgan fingerprint density at radius 3 is 2.54 bits per heavy atom. The third-order valence-electron chi connectivity index (χ3n) is 3.96. The molecule has 0 bridgehead atoms. The van der Waals surface area contributed by atoms with E-state index in [4.69, 9.17) is 11.6 Å². The van der Waals surface area contributed by atoms with Crippen LogP contribution in [-0.4, -0.2) is 16.1 Å². The number of pyridine rings is 1. The summed E-state index contributed by atoms with van der Waals surface area (Å²) in [7, 11) is 0. The van der Waals surface area contributed by atoms with Crippen LogP contribution in [0.5, 0.6) is 0 Å². The number of nitrogens with zero attached hydrogens (tertiary/aromatic N) is 3. The Labute approximate surface area is 170 Å². The van der Waals surface area contributed by atoms with E-state index < -0.39 is 0 Å². The Hall–Kier alpha value is -2.96. The molecule has 7 heteroatoms. The molecular weight excluding hydrogens is 397 g/mol. The van der Waals surface area contributed by atoms with E-state index >= 15 is 0 Å². The molecule has 1 fully saturated rings. The molecule has 0 spiro atoms. The van der Waals surface area contributed by atoms with E-state index in [1.807, 2.05) is 30.3 Å². The highest BCUT2D eigenvalue weighted by Gasteiger charge is 2.34. The first-order chi connectivity index (χ1) is 13.6. The molecule has 1 aliphatic rings. The summed E-state index contributed by atoms with van der Waals surface area (Å²) < 4.78 is 13.2. The van der Waals surface area contributed by atoms with Crippen molar-refractivity contribution >= 4 is 51.9 Å². The van der Waals surface area contributed by atoms with Crippen LogP contribution in [0.2, 0.25) is 5.02 Å². The second-order valence-electron chi connectivity index (χ2n) is 5.86. The maximum atomic E-state index is 13.2. The summed E-state index contributed by atoms with van der Waals surface area (Å²) in [6.07, 6.45) is 4.82. The number of halogens is 2. The highest BCUT2D eigenvalue weighted by Crippen LogP contribution is 2.38. The zero-order chi connectivity index (χ0) is 19.5. The van der Waals surface area contributed by atoms with Gasteiger partial charge in [-0.15, -0.1) is 0 Å². The summed E-state index contributed by atoms with van der Waals surface area (Å²) in [5, 5.41) is 0.879. The van der Waals surface area contributed by atoms with Crippen molar-refractivity contribution < 1.29 is 9.18 Å². The van der Waals surface area contributed by atoms with Crippen molar-refractivity contribution in [2.45, 2.75) is 0 Å². The van der Waals surface area contributed by atoms with Gasteiger partial charge in [0.25, 0.3) is 5.91 Å². The van der Waals surface area contributed by atoms with Gasteiger partial charge in [-0.1, -0.05) is 41.9 Å². The Balaban J connectivity index is 1.78. The fourth-order valence-corrected chi connectivity index (χ4v) is 3.78. The largest absolute Gasteiger partial charge is 0.271 e. The lowest BCUT2D eigenvalue weighted by atomic mass is 10.2. The molecule has 1 aliphatic heterocycles. The minimum Gasteiger partial charge on any atom is -0.268 e. The lowest BCUT2D eigenvalue weighted by molar-refractivity contribution is -0.113. The van der Waals surface area contributed by atoms with Crippen LogP contribution in [0.15, 0.2) is 83.0 Å². The normalized spacial score (nSPS) is 16.9. The van der Waals surface area contributed by atoms with Crippen molar-refractivity contribution in [1.29, 1.82) is 0 Å². The second kappa shape index (κ2) is 7.96. The van der Waals surface area contributed by atoms with Crippen molar-refractivity contribution in [2.75, 3.05) is 4.90 Å². The van der Waals surface area contributed by atoms with Crippen LogP contribution in [0, 0.1) is 5.82 Å². The van der Waals surface area contributed by atoms with Crippen molar-refractivity contribution in [2.24, 2.45) is 4.99 Å². The molecule has 3 aromatic rings. The van der Waals surface area contributed by atoms with E-state index in [0.29, 0.717) is 26.5 Å². The summed E-state index contributed by atoms with van der Waals surface area (Å²) in [6.45, 7) is 0. The zero-order valence-electron chi connectivity index (χ0n) is 14.4. The Bertz CT molecular complexity index is 1080. The summed E-state index contributed by atoms with van der Waals surface area (Å²) in [5.41, 5.74) is 1.95. The van der Waals surface area contributed by atoms with Gasteiger partial charge in [-0.25, -0.2) is 9.38 Å². The monoisotopic (exact) mass is 409 g/mol. The van der Waals surface area contributed by atoms with Crippen LogP contribution in [0.1, 0.15) is 5.56 Å². The molecule has 0 saturated carbocycles. The maximum absolute atomic E-state index is 13.2. The summed E-state index contributed by atoms with van der Waals surface area (Å²) >= 11 is 7.42. The number of aliphatic imine (C=N–C) groups is 1. The van der Waals surface area contributed by atoms with Gasteiger partial charge < -0.3 is 0 Å². The molecule has 28 heavy (non-hydrogen) atoms. The number of anilines is 1. The van der Waals surface area contributed by atoms with Gasteiger partial charge in [0, 0.05) is 12.4 Å². The van der Waals surface area contributed by atoms with Crippen LogP contribution >= 0.6 is 23.4 Å². The van der Waals surface area contributed by atoms with Gasteiger partial charge in [-0.2, -0.15) is 0 Å². The topological polar surface area (TPSA) is 45.6 Å². The van der Waals surface area contributed by atoms with Gasteiger partial charge >= 0.3 is 0 Å². The quantitative estimate of drug-likeness (QED) is 0.522. The Morgan fingerprint density at radius 2 is 1.82 bits per heavy atom. The average molecular weight is 410 g/mol. The standard InChI is InChI=1S/C21H13ClFN3OS/c22-17-13-24-11-10-18(17)25-21-26(16-4-2-1-3-5-16)20(27)19(28-21)12-14-6-8-15(23)9-7-14/h1-13H/b19-12-,25-21?. The number of hydrogen-bond acceptors (Lipinski definition) is 4. The molecule has 0 atom stereocenters. The maximum Gasteiger partial charge on any atom is 0.271 e. The Kier molecular flexibility index (Phi) is 5.23. The number of amides is 1. The zero-order valence-corrected chi connectivity index (χ0v) is 16.0. The SMILES string of the molecule is O=C1/C(=C/c2ccc(F)cc2)SC(=Nc2ccncc2Cl)N1c1ccccc1. The molecule has 4 rings (SSSR count). The number of amidine groups is 1. The molecule has 1 aromatic heterocycles. The van der Waals surface area contributed by atoms with Crippen molar-refractivity contribution in [3.05, 3.63) is 94.4 Å². The van der Waals surface area contributed by atoms with Crippen LogP contribution in [-0.2, 0) is 4.79 Å². The fraction of sp³-hybridized carbons (Fsp3) is 0. The first-order valence-electron chi connectivity index (χ1n) is 8.34. The molecule has 2 heterocycles. The minimum absolute atomic E-state index is 0.204. The number of aromatic nitrogens is 1. The molecule has 138 valence electrons. The van der Waals surface area contributed by atoms with Crippen molar-refractivity contribution in [1.82, 2.24) is 4.98 Å². The number of carbonyl (C=O) groups excluding carboxylic acids is 1. The Morgan fingerprint density at radius 1 is 1.07 bits per heavy atom. The van der Waals surface area contributed by atoms with E-state index in [1.54, 1.807) is 30.5 Å². The molecule has 2 aromatic carbocycles. The molecule has 0 radical (unpaired) electrons. The molecule has 4 nitrogen and oxygen atoms in total. The number of hydrogen-bond donors (Lipinski definition) is 0. The van der Waals surface area contributed by atoms with Crippen molar-refractivity contribution in [3.8, 4) is 0 Å². The van der Waals surface area contributed by atoms with E-state index in [1.165, 1.54) is 35.0 Å². The molecular formula is C21H13ClFN3OS. The number of para-hydroxylation sites is 1. The fourth-order valence-electron chi connectivity index (χ4n) is 2.63. The van der Waals surface area contributed by atoms with Crippen molar-refractivity contribution in [3.63, 3.8) is 0 Å². The molecule has 1 amide bonds. The van der Waals surface area contributed by atoms with Gasteiger partial charge in [-0.3, -0.25) is 14.7 Å². The highest BCUT2D eigenvalue weighted by atomic mass is 35.5. The van der Waals surface area contributed by atoms with Gasteiger partial charge in [0.2, 0.25) is 0 Å². The summed E-state index contributed by atoms with van der Waals surface area (Å²) in [5.74, 6) is -0.530. The third-order valence-corrected chi connectivity index (χ3v) is 5.22. The number of benzene rings is 2. The van der Waals surface area contributed by atoms with Crippen LogP contribution in [0.25, 0.3) is 6.08 Å². The summed E-state index contributed by atoms with van der Waals surface area (Å²) in [4.78, 5) is 23.7. The van der Waals surface area contributed by atoms with E-state index in [-0.39, 0.29) is 11.7 Å². The first-order valence-corrected chi connectivity index (χ1v) is 9.54. The second-order valence-corrected chi connectivity index (χ2v) is 7.28. The molecule has 0 aliphatic carbocycles. The van der Waals surface area contributed by atoms with Gasteiger partial charge in [-0.05, 0) is 53.7 Å². The minimum atomic E-state index is -0.326. The van der Waals surface area contributed by atoms with Crippen LogP contribution in [0.4, 0.5) is 15.8 Å². The molecule has 1 saturated heterocycles. The van der Waals surface area contributed by atoms with Crippen LogP contribution < -0.4 is 4.90 Å². The lowest BCUT2D eigenvalue weighted by Gasteiger charge is -2.15. The summed E-state index contributed by atoms with van der Waals surface area (Å²) in [6, 6.07) is 16.9.